The molecule has 0 fully saturated rings. The quantitative estimate of drug-likeness (QED) is 0.736. The molecule has 0 rings (SSSR count). The lowest BCUT2D eigenvalue weighted by Crippen LogP contribution is -2.46. The Morgan fingerprint density at radius 3 is 2.18 bits per heavy atom. The molecule has 0 unspecified atom stereocenters. The van der Waals surface area contributed by atoms with E-state index in [0.29, 0.717) is 0 Å². The van der Waals surface area contributed by atoms with E-state index < -0.39 is 24.3 Å². The Bertz CT molecular complexity index is 248. The van der Waals surface area contributed by atoms with Crippen LogP contribution in [0.3, 0.4) is 0 Å². The van der Waals surface area contributed by atoms with E-state index in [0.717, 1.165) is 0 Å². The van der Waals surface area contributed by atoms with Crippen molar-refractivity contribution < 1.29 is 27.8 Å². The lowest BCUT2D eigenvalue weighted by molar-refractivity contribution is -0.175. The molecule has 0 radical (unpaired) electrons. The summed E-state index contributed by atoms with van der Waals surface area (Å²) < 4.78 is 39.8. The summed E-state index contributed by atoms with van der Waals surface area (Å²) in [6.07, 6.45) is -4.35. The molecule has 17 heavy (non-hydrogen) atoms. The highest BCUT2D eigenvalue weighted by Crippen LogP contribution is 2.15. The van der Waals surface area contributed by atoms with Crippen LogP contribution in [0.25, 0.3) is 0 Å². The summed E-state index contributed by atoms with van der Waals surface area (Å²) >= 11 is 0. The molecule has 7 heteroatoms. The van der Waals surface area contributed by atoms with Gasteiger partial charge >= 0.3 is 12.1 Å². The monoisotopic (exact) mass is 257 g/mol. The summed E-state index contributed by atoms with van der Waals surface area (Å²) in [4.78, 5) is 12.1. The first kappa shape index (κ1) is 16.2. The predicted molar refractivity (Wildman–Crippen MR) is 55.8 cm³/mol. The fourth-order valence-corrected chi connectivity index (χ4v) is 1.18. The molecule has 102 valence electrons. The van der Waals surface area contributed by atoms with Gasteiger partial charge in [-0.2, -0.15) is 13.2 Å². The van der Waals surface area contributed by atoms with Gasteiger partial charge in [-0.3, -0.25) is 9.69 Å². The molecular weight excluding hydrogens is 239 g/mol. The molecule has 0 atom stereocenters. The molecule has 0 aromatic rings. The largest absolute Gasteiger partial charge is 0.480 e. The number of alkyl halides is 3. The van der Waals surface area contributed by atoms with Crippen LogP contribution in [0.4, 0.5) is 13.2 Å². The smallest absolute Gasteiger partial charge is 0.411 e. The van der Waals surface area contributed by atoms with E-state index in [1.54, 1.807) is 25.7 Å². The average molecular weight is 257 g/mol. The average Bonchev–Trinajstić information content (AvgIpc) is 2.06. The van der Waals surface area contributed by atoms with Crippen molar-refractivity contribution in [2.45, 2.75) is 32.5 Å². The van der Waals surface area contributed by atoms with Crippen molar-refractivity contribution in [1.82, 2.24) is 4.90 Å². The zero-order chi connectivity index (χ0) is 13.7. The summed E-state index contributed by atoms with van der Waals surface area (Å²) in [6, 6.07) is 0. The van der Waals surface area contributed by atoms with Gasteiger partial charge in [0.1, 0.15) is 6.61 Å². The number of halogens is 3. The minimum absolute atomic E-state index is 0.145. The number of hydrogen-bond acceptors (Lipinski definition) is 3. The van der Waals surface area contributed by atoms with Crippen LogP contribution in [-0.4, -0.2) is 54.0 Å². The van der Waals surface area contributed by atoms with Gasteiger partial charge in [0.05, 0.1) is 13.2 Å². The second-order valence-electron chi connectivity index (χ2n) is 4.65. The standard InChI is InChI=1S/C10H18F3NO3/c1-9(2,3)14(6-8(15)16)4-5-17-7-10(11,12)13/h4-7H2,1-3H3,(H,15,16). The highest BCUT2D eigenvalue weighted by molar-refractivity contribution is 5.69. The first-order valence-corrected chi connectivity index (χ1v) is 5.14. The molecule has 0 bridgehead atoms. The molecule has 0 aromatic heterocycles. The molecule has 4 nitrogen and oxygen atoms in total. The first-order valence-electron chi connectivity index (χ1n) is 5.14. The third kappa shape index (κ3) is 8.93. The van der Waals surface area contributed by atoms with Crippen molar-refractivity contribution in [3.63, 3.8) is 0 Å². The van der Waals surface area contributed by atoms with Crippen molar-refractivity contribution in [1.29, 1.82) is 0 Å². The predicted octanol–water partition coefficient (Wildman–Crippen LogP) is 1.75. The van der Waals surface area contributed by atoms with E-state index in [9.17, 15) is 18.0 Å². The van der Waals surface area contributed by atoms with Gasteiger partial charge in [0.15, 0.2) is 0 Å². The maximum atomic E-state index is 11.8. The molecule has 0 amide bonds. The van der Waals surface area contributed by atoms with Gasteiger partial charge in [0.25, 0.3) is 0 Å². The Labute approximate surface area is 98.3 Å². The zero-order valence-corrected chi connectivity index (χ0v) is 10.2. The SMILES string of the molecule is CC(C)(C)N(CCOCC(F)(F)F)CC(=O)O. The Balaban J connectivity index is 4.06. The van der Waals surface area contributed by atoms with Crippen molar-refractivity contribution in [2.75, 3.05) is 26.3 Å². The zero-order valence-electron chi connectivity index (χ0n) is 10.2. The molecule has 0 aliphatic carbocycles. The molecule has 0 heterocycles. The molecule has 0 aliphatic rings. The van der Waals surface area contributed by atoms with Crippen molar-refractivity contribution in [3.8, 4) is 0 Å². The third-order valence-electron chi connectivity index (χ3n) is 2.05. The number of hydrogen-bond donors (Lipinski definition) is 1. The summed E-state index contributed by atoms with van der Waals surface area (Å²) in [6.45, 7) is 3.84. The fraction of sp³-hybridized carbons (Fsp3) is 0.900. The van der Waals surface area contributed by atoms with E-state index in [-0.39, 0.29) is 19.7 Å². The van der Waals surface area contributed by atoms with E-state index in [1.807, 2.05) is 0 Å². The number of ether oxygens (including phenoxy) is 1. The van der Waals surface area contributed by atoms with Gasteiger partial charge in [-0.15, -0.1) is 0 Å². The molecule has 0 spiro atoms. The molecular formula is C10H18F3NO3. The summed E-state index contributed by atoms with van der Waals surface area (Å²) in [5, 5.41) is 8.67. The second-order valence-corrected chi connectivity index (χ2v) is 4.65. The van der Waals surface area contributed by atoms with Crippen LogP contribution in [0.5, 0.6) is 0 Å². The minimum Gasteiger partial charge on any atom is -0.480 e. The van der Waals surface area contributed by atoms with Crippen LogP contribution in [0, 0.1) is 0 Å². The number of carboxylic acid groups (broad SMARTS) is 1. The molecule has 0 saturated carbocycles. The summed E-state index contributed by atoms with van der Waals surface area (Å²) in [7, 11) is 0. The number of carboxylic acids is 1. The highest BCUT2D eigenvalue weighted by atomic mass is 19.4. The van der Waals surface area contributed by atoms with Gasteiger partial charge < -0.3 is 9.84 Å². The van der Waals surface area contributed by atoms with Crippen LogP contribution in [-0.2, 0) is 9.53 Å². The van der Waals surface area contributed by atoms with E-state index in [2.05, 4.69) is 4.74 Å². The molecule has 0 saturated heterocycles. The van der Waals surface area contributed by atoms with E-state index >= 15 is 0 Å². The Morgan fingerprint density at radius 2 is 1.82 bits per heavy atom. The minimum atomic E-state index is -4.35. The van der Waals surface area contributed by atoms with Crippen molar-refractivity contribution in [2.24, 2.45) is 0 Å². The lowest BCUT2D eigenvalue weighted by atomic mass is 10.1. The summed E-state index contributed by atoms with van der Waals surface area (Å²) in [5.74, 6) is -1.02. The number of aliphatic carboxylic acids is 1. The molecule has 0 aromatic carbocycles. The molecule has 0 aliphatic heterocycles. The van der Waals surface area contributed by atoms with Crippen LogP contribution in [0.1, 0.15) is 20.8 Å². The van der Waals surface area contributed by atoms with Crippen LogP contribution in [0.2, 0.25) is 0 Å². The van der Waals surface area contributed by atoms with E-state index in [1.165, 1.54) is 0 Å². The maximum absolute atomic E-state index is 11.8. The first-order chi connectivity index (χ1) is 7.52. The number of rotatable bonds is 6. The molecule has 1 N–H and O–H groups in total. The Hall–Kier alpha value is -0.820. The summed E-state index contributed by atoms with van der Waals surface area (Å²) in [5.41, 5.74) is -0.431. The normalized spacial score (nSPS) is 13.1. The number of nitrogens with zero attached hydrogens (tertiary/aromatic N) is 1. The van der Waals surface area contributed by atoms with Crippen LogP contribution >= 0.6 is 0 Å². The van der Waals surface area contributed by atoms with Gasteiger partial charge in [-0.05, 0) is 20.8 Å². The fourth-order valence-electron chi connectivity index (χ4n) is 1.18. The highest BCUT2D eigenvalue weighted by Gasteiger charge is 2.28. The van der Waals surface area contributed by atoms with Crippen LogP contribution in [0.15, 0.2) is 0 Å². The maximum Gasteiger partial charge on any atom is 0.411 e. The van der Waals surface area contributed by atoms with Crippen molar-refractivity contribution in [3.05, 3.63) is 0 Å². The van der Waals surface area contributed by atoms with Crippen LogP contribution < -0.4 is 0 Å². The Kier molecular flexibility index (Phi) is 5.91. The number of carbonyl (C=O) groups is 1. The van der Waals surface area contributed by atoms with E-state index in [4.69, 9.17) is 5.11 Å². The van der Waals surface area contributed by atoms with Gasteiger partial charge in [0, 0.05) is 12.1 Å². The third-order valence-corrected chi connectivity index (χ3v) is 2.05. The Morgan fingerprint density at radius 1 is 1.29 bits per heavy atom. The van der Waals surface area contributed by atoms with Gasteiger partial charge in [0.2, 0.25) is 0 Å². The van der Waals surface area contributed by atoms with Gasteiger partial charge in [-0.25, -0.2) is 0 Å². The topological polar surface area (TPSA) is 49.8 Å². The van der Waals surface area contributed by atoms with Gasteiger partial charge in [-0.1, -0.05) is 0 Å². The second kappa shape index (κ2) is 6.20. The van der Waals surface area contributed by atoms with Crippen molar-refractivity contribution >= 4 is 5.97 Å². The lowest BCUT2D eigenvalue weighted by Gasteiger charge is -2.34.